The number of thioether (sulfide) groups is 1. The van der Waals surface area contributed by atoms with Gasteiger partial charge in [0.2, 0.25) is 5.91 Å². The second-order valence-electron chi connectivity index (χ2n) is 8.19. The van der Waals surface area contributed by atoms with E-state index >= 15 is 0 Å². The van der Waals surface area contributed by atoms with Crippen LogP contribution < -0.4 is 10.2 Å². The molecule has 1 saturated heterocycles. The van der Waals surface area contributed by atoms with Gasteiger partial charge in [0, 0.05) is 22.6 Å². The van der Waals surface area contributed by atoms with Crippen LogP contribution in [-0.2, 0) is 9.59 Å². The monoisotopic (exact) mass is 476 g/mol. The van der Waals surface area contributed by atoms with Crippen molar-refractivity contribution >= 4 is 46.0 Å². The molecule has 2 amide bonds. The molecule has 1 unspecified atom stereocenters. The first-order valence-corrected chi connectivity index (χ1v) is 11.6. The molecule has 1 fully saturated rings. The van der Waals surface area contributed by atoms with Crippen LogP contribution in [0.4, 0.5) is 20.2 Å². The molecule has 0 bridgehead atoms. The van der Waals surface area contributed by atoms with Crippen molar-refractivity contribution in [3.05, 3.63) is 72.8 Å². The highest BCUT2D eigenvalue weighted by Crippen LogP contribution is 2.56. The van der Waals surface area contributed by atoms with Gasteiger partial charge < -0.3 is 5.32 Å². The van der Waals surface area contributed by atoms with Crippen molar-refractivity contribution in [2.24, 2.45) is 0 Å². The van der Waals surface area contributed by atoms with E-state index in [-0.39, 0.29) is 17.6 Å². The third kappa shape index (κ3) is 3.03. The van der Waals surface area contributed by atoms with Crippen LogP contribution in [0.3, 0.4) is 0 Å². The number of nitrogens with one attached hydrogen (secondary N) is 1. The number of anilines is 2. The fourth-order valence-corrected chi connectivity index (χ4v) is 6.09. The highest BCUT2D eigenvalue weighted by atomic mass is 32.2. The largest absolute Gasteiger partial charge is 0.323 e. The molecular weight excluding hydrogens is 458 g/mol. The first-order chi connectivity index (χ1) is 16.5. The van der Waals surface area contributed by atoms with E-state index in [9.17, 15) is 18.4 Å². The number of amides is 2. The molecule has 1 N–H and O–H groups in total. The predicted molar refractivity (Wildman–Crippen MR) is 127 cm³/mol. The normalized spacial score (nSPS) is 19.0. The number of hydrogen-bond donors (Lipinski definition) is 1. The molecule has 3 heterocycles. The highest BCUT2D eigenvalue weighted by molar-refractivity contribution is 8.02. The number of hydrogen-bond acceptors (Lipinski definition) is 4. The maximum absolute atomic E-state index is 13.8. The number of nitrogens with zero attached hydrogens (tertiary/aromatic N) is 3. The van der Waals surface area contributed by atoms with Gasteiger partial charge in [-0.05, 0) is 55.0 Å². The molecule has 6 rings (SSSR count). The van der Waals surface area contributed by atoms with E-state index in [4.69, 9.17) is 0 Å². The van der Waals surface area contributed by atoms with E-state index in [0.29, 0.717) is 35.1 Å². The highest BCUT2D eigenvalue weighted by Gasteiger charge is 2.57. The van der Waals surface area contributed by atoms with Gasteiger partial charge in [0.15, 0.2) is 4.87 Å². The minimum atomic E-state index is -2.74. The predicted octanol–water partition coefficient (Wildman–Crippen LogP) is 5.67. The number of carbonyl (C=O) groups is 2. The average molecular weight is 477 g/mol. The summed E-state index contributed by atoms with van der Waals surface area (Å²) in [6, 6.07) is 20.9. The van der Waals surface area contributed by atoms with Gasteiger partial charge in [-0.2, -0.15) is 8.78 Å². The van der Waals surface area contributed by atoms with Crippen molar-refractivity contribution in [3.8, 4) is 11.4 Å². The number of imidazole rings is 1. The van der Waals surface area contributed by atoms with Gasteiger partial charge in [0.05, 0.1) is 16.7 Å². The topological polar surface area (TPSA) is 67.2 Å². The molecule has 1 aromatic heterocycles. The zero-order chi connectivity index (χ0) is 23.4. The number of aromatic nitrogens is 2. The van der Waals surface area contributed by atoms with Gasteiger partial charge in [-0.15, -0.1) is 0 Å². The van der Waals surface area contributed by atoms with Crippen molar-refractivity contribution in [1.82, 2.24) is 9.55 Å². The Morgan fingerprint density at radius 2 is 1.76 bits per heavy atom. The summed E-state index contributed by atoms with van der Waals surface area (Å²) in [7, 11) is 0. The second kappa shape index (κ2) is 7.66. The minimum absolute atomic E-state index is 0.0751. The lowest BCUT2D eigenvalue weighted by atomic mass is 10.1. The van der Waals surface area contributed by atoms with Crippen molar-refractivity contribution in [2.75, 3.05) is 10.2 Å². The van der Waals surface area contributed by atoms with Gasteiger partial charge >= 0.3 is 6.55 Å². The van der Waals surface area contributed by atoms with Gasteiger partial charge in [-0.3, -0.25) is 19.1 Å². The molecule has 0 spiro atoms. The van der Waals surface area contributed by atoms with Crippen molar-refractivity contribution in [2.45, 2.75) is 29.2 Å². The van der Waals surface area contributed by atoms with Gasteiger partial charge in [-0.1, -0.05) is 36.0 Å². The lowest BCUT2D eigenvalue weighted by Crippen LogP contribution is -2.49. The molecular formula is C25H18F2N4O2S. The first-order valence-electron chi connectivity index (χ1n) is 10.8. The smallest absolute Gasteiger partial charge is 0.320 e. The fraction of sp³-hybridized carbons (Fsp3) is 0.160. The number of benzene rings is 3. The van der Waals surface area contributed by atoms with Crippen LogP contribution in [0, 0.1) is 0 Å². The molecule has 6 nitrogen and oxygen atoms in total. The summed E-state index contributed by atoms with van der Waals surface area (Å²) in [6.07, 6.45) is 0.713. The molecule has 2 aliphatic heterocycles. The number of carbonyl (C=O) groups excluding carboxylic acids is 2. The van der Waals surface area contributed by atoms with E-state index in [1.54, 1.807) is 53.4 Å². The summed E-state index contributed by atoms with van der Waals surface area (Å²) in [5.74, 6) is -0.206. The summed E-state index contributed by atoms with van der Waals surface area (Å²) in [6.45, 7) is -2.74. The molecule has 2 aliphatic rings. The number of rotatable bonds is 4. The zero-order valence-corrected chi connectivity index (χ0v) is 18.6. The summed E-state index contributed by atoms with van der Waals surface area (Å²) >= 11 is 1.39. The lowest BCUT2D eigenvalue weighted by Gasteiger charge is -2.29. The first kappa shape index (κ1) is 20.9. The van der Waals surface area contributed by atoms with E-state index in [0.717, 1.165) is 15.1 Å². The standard InChI is InChI=1S/C25H18F2N4O2S/c26-24(27)30-18-6-2-1-5-17(18)29-22(30)15-9-11-16(12-10-15)28-23(33)25-14-13-21(32)31(25)19-7-3-4-8-20(19)34-25/h1-12,24H,13-14H2,(H,28,33). The number of para-hydroxylation sites is 3. The number of fused-ring (bicyclic) bond motifs is 4. The van der Waals surface area contributed by atoms with E-state index in [1.165, 1.54) is 11.8 Å². The van der Waals surface area contributed by atoms with Crippen molar-refractivity contribution in [1.29, 1.82) is 0 Å². The van der Waals surface area contributed by atoms with Crippen LogP contribution in [0.15, 0.2) is 77.7 Å². The molecule has 3 aromatic carbocycles. The lowest BCUT2D eigenvalue weighted by molar-refractivity contribution is -0.121. The maximum Gasteiger partial charge on any atom is 0.320 e. The van der Waals surface area contributed by atoms with E-state index in [1.807, 2.05) is 24.3 Å². The van der Waals surface area contributed by atoms with Crippen molar-refractivity contribution in [3.63, 3.8) is 0 Å². The van der Waals surface area contributed by atoms with Crippen LogP contribution >= 0.6 is 11.8 Å². The summed E-state index contributed by atoms with van der Waals surface area (Å²) in [4.78, 5) is 31.9. The summed E-state index contributed by atoms with van der Waals surface area (Å²) in [5, 5.41) is 2.92. The average Bonchev–Trinajstić information content (AvgIpc) is 3.49. The molecule has 9 heteroatoms. The van der Waals surface area contributed by atoms with Gasteiger partial charge in [0.25, 0.3) is 5.91 Å². The maximum atomic E-state index is 13.8. The van der Waals surface area contributed by atoms with Crippen LogP contribution in [0.1, 0.15) is 19.4 Å². The van der Waals surface area contributed by atoms with Crippen LogP contribution in [0.25, 0.3) is 22.4 Å². The van der Waals surface area contributed by atoms with Crippen LogP contribution in [-0.4, -0.2) is 26.2 Å². The Hall–Kier alpha value is -3.72. The Balaban J connectivity index is 1.29. The summed E-state index contributed by atoms with van der Waals surface area (Å²) < 4.78 is 28.5. The SMILES string of the molecule is O=C1CCC2(C(=O)Nc3ccc(-c4nc5ccccc5n4C(F)F)cc3)Sc3ccccc3N12. The van der Waals surface area contributed by atoms with Crippen LogP contribution in [0.2, 0.25) is 0 Å². The Bertz CT molecular complexity index is 1450. The zero-order valence-electron chi connectivity index (χ0n) is 17.7. The number of halogens is 2. The molecule has 170 valence electrons. The van der Waals surface area contributed by atoms with E-state index < -0.39 is 11.4 Å². The Morgan fingerprint density at radius 1 is 1.03 bits per heavy atom. The molecule has 0 aliphatic carbocycles. The Morgan fingerprint density at radius 3 is 2.56 bits per heavy atom. The van der Waals surface area contributed by atoms with Crippen molar-refractivity contribution < 1.29 is 18.4 Å². The second-order valence-corrected chi connectivity index (χ2v) is 9.51. The summed E-state index contributed by atoms with van der Waals surface area (Å²) in [5.41, 5.74) is 2.61. The van der Waals surface area contributed by atoms with E-state index in [2.05, 4.69) is 10.3 Å². The van der Waals surface area contributed by atoms with Crippen LogP contribution in [0.5, 0.6) is 0 Å². The molecule has 0 radical (unpaired) electrons. The molecule has 0 saturated carbocycles. The third-order valence-corrected chi connectivity index (χ3v) is 7.69. The van der Waals surface area contributed by atoms with Gasteiger partial charge in [-0.25, -0.2) is 4.98 Å². The molecule has 4 aromatic rings. The molecule has 34 heavy (non-hydrogen) atoms. The Labute approximate surface area is 197 Å². The van der Waals surface area contributed by atoms with Gasteiger partial charge in [0.1, 0.15) is 5.82 Å². The quantitative estimate of drug-likeness (QED) is 0.412. The number of alkyl halides is 2. The third-order valence-electron chi connectivity index (χ3n) is 6.22. The molecule has 1 atom stereocenters. The fourth-order valence-electron chi connectivity index (χ4n) is 4.68. The Kier molecular flexibility index (Phi) is 4.70. The minimum Gasteiger partial charge on any atom is -0.323 e.